The Morgan fingerprint density at radius 1 is 1.50 bits per heavy atom. The van der Waals surface area contributed by atoms with E-state index < -0.39 is 12.0 Å². The molecule has 0 fully saturated rings. The molecule has 0 aromatic heterocycles. The van der Waals surface area contributed by atoms with Crippen molar-refractivity contribution in [2.45, 2.75) is 19.4 Å². The van der Waals surface area contributed by atoms with Gasteiger partial charge in [0.1, 0.15) is 12.6 Å². The molecule has 0 aliphatic heterocycles. The zero-order valence-corrected chi connectivity index (χ0v) is 9.13. The number of rotatable bonds is 5. The Hall–Kier alpha value is -2.02. The SMILES string of the molecule is CCC(C#N)N(CC(=O)O)c1ccccc1. The summed E-state index contributed by atoms with van der Waals surface area (Å²) in [4.78, 5) is 12.4. The van der Waals surface area contributed by atoms with Crippen LogP contribution >= 0.6 is 0 Å². The minimum Gasteiger partial charge on any atom is -0.480 e. The molecule has 0 radical (unpaired) electrons. The molecule has 0 saturated heterocycles. The second-order valence-electron chi connectivity index (χ2n) is 3.41. The van der Waals surface area contributed by atoms with Crippen LogP contribution in [0.25, 0.3) is 0 Å². The van der Waals surface area contributed by atoms with Crippen LogP contribution in [-0.4, -0.2) is 23.7 Å². The van der Waals surface area contributed by atoms with Gasteiger partial charge in [-0.1, -0.05) is 25.1 Å². The van der Waals surface area contributed by atoms with Gasteiger partial charge in [0.2, 0.25) is 0 Å². The normalized spacial score (nSPS) is 11.5. The number of nitrogens with zero attached hydrogens (tertiary/aromatic N) is 2. The molecule has 0 saturated carbocycles. The monoisotopic (exact) mass is 218 g/mol. The van der Waals surface area contributed by atoms with E-state index in [2.05, 4.69) is 6.07 Å². The maximum Gasteiger partial charge on any atom is 0.323 e. The molecule has 1 rings (SSSR count). The van der Waals surface area contributed by atoms with E-state index >= 15 is 0 Å². The van der Waals surface area contributed by atoms with E-state index in [9.17, 15) is 4.79 Å². The van der Waals surface area contributed by atoms with Gasteiger partial charge < -0.3 is 10.0 Å². The van der Waals surface area contributed by atoms with Crippen molar-refractivity contribution < 1.29 is 9.90 Å². The van der Waals surface area contributed by atoms with E-state index in [1.54, 1.807) is 4.90 Å². The molecular weight excluding hydrogens is 204 g/mol. The molecule has 1 N–H and O–H groups in total. The first kappa shape index (κ1) is 12.1. The van der Waals surface area contributed by atoms with Crippen molar-refractivity contribution in [1.82, 2.24) is 0 Å². The Morgan fingerprint density at radius 2 is 2.12 bits per heavy atom. The number of aliphatic carboxylic acids is 1. The number of benzene rings is 1. The predicted octanol–water partition coefficient (Wildman–Crippen LogP) is 1.88. The molecule has 1 aromatic carbocycles. The first-order chi connectivity index (χ1) is 7.69. The van der Waals surface area contributed by atoms with Crippen molar-refractivity contribution in [3.05, 3.63) is 30.3 Å². The van der Waals surface area contributed by atoms with Gasteiger partial charge in [0.15, 0.2) is 0 Å². The van der Waals surface area contributed by atoms with Crippen LogP contribution in [0.5, 0.6) is 0 Å². The summed E-state index contributed by atoms with van der Waals surface area (Å²) in [6.07, 6.45) is 0.596. The van der Waals surface area contributed by atoms with Gasteiger partial charge in [0.25, 0.3) is 0 Å². The van der Waals surface area contributed by atoms with E-state index in [4.69, 9.17) is 10.4 Å². The maximum absolute atomic E-state index is 10.8. The highest BCUT2D eigenvalue weighted by Gasteiger charge is 2.18. The smallest absolute Gasteiger partial charge is 0.323 e. The number of hydrogen-bond donors (Lipinski definition) is 1. The van der Waals surface area contributed by atoms with E-state index in [1.807, 2.05) is 37.3 Å². The van der Waals surface area contributed by atoms with E-state index in [-0.39, 0.29) is 6.54 Å². The lowest BCUT2D eigenvalue weighted by Crippen LogP contribution is -2.38. The second-order valence-corrected chi connectivity index (χ2v) is 3.41. The lowest BCUT2D eigenvalue weighted by molar-refractivity contribution is -0.135. The number of carbonyl (C=O) groups is 1. The van der Waals surface area contributed by atoms with Gasteiger partial charge in [-0.3, -0.25) is 4.79 Å². The summed E-state index contributed by atoms with van der Waals surface area (Å²) in [6, 6.07) is 10.8. The third-order valence-corrected chi connectivity index (χ3v) is 2.31. The van der Waals surface area contributed by atoms with Gasteiger partial charge in [0, 0.05) is 5.69 Å². The third-order valence-electron chi connectivity index (χ3n) is 2.31. The Labute approximate surface area is 94.7 Å². The van der Waals surface area contributed by atoms with Crippen LogP contribution in [0.2, 0.25) is 0 Å². The summed E-state index contributed by atoms with van der Waals surface area (Å²) in [6.45, 7) is 1.71. The molecule has 1 atom stereocenters. The largest absolute Gasteiger partial charge is 0.480 e. The Kier molecular flexibility index (Phi) is 4.34. The number of carboxylic acids is 1. The van der Waals surface area contributed by atoms with Gasteiger partial charge in [0.05, 0.1) is 6.07 Å². The molecule has 0 amide bonds. The van der Waals surface area contributed by atoms with Crippen molar-refractivity contribution in [2.75, 3.05) is 11.4 Å². The van der Waals surface area contributed by atoms with Gasteiger partial charge >= 0.3 is 5.97 Å². The third kappa shape index (κ3) is 2.99. The highest BCUT2D eigenvalue weighted by Crippen LogP contribution is 2.17. The average molecular weight is 218 g/mol. The molecule has 0 aliphatic rings. The maximum atomic E-state index is 10.8. The first-order valence-electron chi connectivity index (χ1n) is 5.12. The second kappa shape index (κ2) is 5.76. The van der Waals surface area contributed by atoms with Crippen molar-refractivity contribution in [2.24, 2.45) is 0 Å². The Bertz CT molecular complexity index is 384. The van der Waals surface area contributed by atoms with Crippen molar-refractivity contribution in [3.8, 4) is 6.07 Å². The molecule has 0 aliphatic carbocycles. The minimum absolute atomic E-state index is 0.157. The van der Waals surface area contributed by atoms with E-state index in [1.165, 1.54) is 0 Å². The van der Waals surface area contributed by atoms with Gasteiger partial charge in [-0.2, -0.15) is 5.26 Å². The first-order valence-corrected chi connectivity index (χ1v) is 5.12. The number of para-hydroxylation sites is 1. The zero-order valence-electron chi connectivity index (χ0n) is 9.13. The van der Waals surface area contributed by atoms with E-state index in [0.29, 0.717) is 6.42 Å². The molecule has 4 heteroatoms. The van der Waals surface area contributed by atoms with Crippen LogP contribution in [0, 0.1) is 11.3 Å². The highest BCUT2D eigenvalue weighted by atomic mass is 16.4. The highest BCUT2D eigenvalue weighted by molar-refractivity contribution is 5.74. The Morgan fingerprint density at radius 3 is 2.56 bits per heavy atom. The number of carboxylic acid groups (broad SMARTS) is 1. The molecular formula is C12H14N2O2. The van der Waals surface area contributed by atoms with Crippen molar-refractivity contribution >= 4 is 11.7 Å². The molecule has 4 nitrogen and oxygen atoms in total. The molecule has 0 spiro atoms. The molecule has 0 bridgehead atoms. The number of nitriles is 1. The van der Waals surface area contributed by atoms with Crippen LogP contribution in [0.4, 0.5) is 5.69 Å². The minimum atomic E-state index is -0.933. The van der Waals surface area contributed by atoms with Gasteiger partial charge in [-0.25, -0.2) is 0 Å². The topological polar surface area (TPSA) is 64.3 Å². The summed E-state index contributed by atoms with van der Waals surface area (Å²) in [5.74, 6) is -0.933. The van der Waals surface area contributed by atoms with E-state index in [0.717, 1.165) is 5.69 Å². The summed E-state index contributed by atoms with van der Waals surface area (Å²) < 4.78 is 0. The zero-order chi connectivity index (χ0) is 12.0. The summed E-state index contributed by atoms with van der Waals surface area (Å²) in [5, 5.41) is 17.8. The summed E-state index contributed by atoms with van der Waals surface area (Å²) in [7, 11) is 0. The van der Waals surface area contributed by atoms with Crippen molar-refractivity contribution in [1.29, 1.82) is 5.26 Å². The van der Waals surface area contributed by atoms with Gasteiger partial charge in [-0.05, 0) is 18.6 Å². The van der Waals surface area contributed by atoms with Crippen LogP contribution < -0.4 is 4.90 Å². The fourth-order valence-electron chi connectivity index (χ4n) is 1.53. The molecule has 1 aromatic rings. The molecule has 0 heterocycles. The predicted molar refractivity (Wildman–Crippen MR) is 61.1 cm³/mol. The molecule has 84 valence electrons. The fourth-order valence-corrected chi connectivity index (χ4v) is 1.53. The molecule has 1 unspecified atom stereocenters. The summed E-state index contributed by atoms with van der Waals surface area (Å²) >= 11 is 0. The van der Waals surface area contributed by atoms with Crippen LogP contribution in [0.15, 0.2) is 30.3 Å². The quantitative estimate of drug-likeness (QED) is 0.819. The van der Waals surface area contributed by atoms with Gasteiger partial charge in [-0.15, -0.1) is 0 Å². The lowest BCUT2D eigenvalue weighted by Gasteiger charge is -2.26. The number of anilines is 1. The molecule has 16 heavy (non-hydrogen) atoms. The number of hydrogen-bond acceptors (Lipinski definition) is 3. The van der Waals surface area contributed by atoms with Crippen molar-refractivity contribution in [3.63, 3.8) is 0 Å². The van der Waals surface area contributed by atoms with Crippen LogP contribution in [-0.2, 0) is 4.79 Å². The van der Waals surface area contributed by atoms with Crippen LogP contribution in [0.3, 0.4) is 0 Å². The Balaban J connectivity index is 2.96. The lowest BCUT2D eigenvalue weighted by atomic mass is 10.1. The standard InChI is InChI=1S/C12H14N2O2/c1-2-10(8-13)14(9-12(15)16)11-6-4-3-5-7-11/h3-7,10H,2,9H2,1H3,(H,15,16). The summed E-state index contributed by atoms with van der Waals surface area (Å²) in [5.41, 5.74) is 0.762. The van der Waals surface area contributed by atoms with Crippen LogP contribution in [0.1, 0.15) is 13.3 Å². The fraction of sp³-hybridized carbons (Fsp3) is 0.333. The average Bonchev–Trinajstić information content (AvgIpc) is 2.30.